The molecule has 4 heterocycles. The summed E-state index contributed by atoms with van der Waals surface area (Å²) in [7, 11) is -3.40. The maximum Gasteiger partial charge on any atom is 0.256 e. The van der Waals surface area contributed by atoms with E-state index < -0.39 is 10.0 Å². The molecule has 0 atom stereocenters. The summed E-state index contributed by atoms with van der Waals surface area (Å²) in [6.07, 6.45) is 9.09. The van der Waals surface area contributed by atoms with Gasteiger partial charge in [-0.05, 0) is 25.0 Å². The molecule has 1 aromatic heterocycles. The highest BCUT2D eigenvalue weighted by molar-refractivity contribution is 7.90. The molecule has 0 saturated heterocycles. The van der Waals surface area contributed by atoms with Gasteiger partial charge in [-0.3, -0.25) is 4.79 Å². The Kier molecular flexibility index (Phi) is 4.35. The van der Waals surface area contributed by atoms with Crippen molar-refractivity contribution in [3.8, 4) is 0 Å². The lowest BCUT2D eigenvalue weighted by molar-refractivity contribution is -0.117. The number of aromatic nitrogens is 3. The standard InChI is InChI=1S/C16H20N6O3S/c23-16(12-5-6-14-20-26(24,25)9-8-21(14)11-12)17-10-15-19-18-13-4-2-1-3-7-22(13)15/h5-6,11H,1-4,7-10H2,(H,17,23). The van der Waals surface area contributed by atoms with Crippen LogP contribution in [0.25, 0.3) is 0 Å². The van der Waals surface area contributed by atoms with Gasteiger partial charge in [0.25, 0.3) is 15.9 Å². The number of hydrogen-bond donors (Lipinski definition) is 1. The second-order valence-electron chi connectivity index (χ2n) is 6.52. The first kappa shape index (κ1) is 17.0. The Balaban J connectivity index is 1.43. The van der Waals surface area contributed by atoms with Gasteiger partial charge < -0.3 is 14.8 Å². The highest BCUT2D eigenvalue weighted by Crippen LogP contribution is 2.17. The van der Waals surface area contributed by atoms with Gasteiger partial charge >= 0.3 is 0 Å². The van der Waals surface area contributed by atoms with E-state index in [0.29, 0.717) is 24.5 Å². The van der Waals surface area contributed by atoms with E-state index in [1.54, 1.807) is 23.3 Å². The SMILES string of the molecule is O=C(NCc1nnc2n1CCCCC2)C1=CN2CCS(=O)(=O)N=C2C=C1. The number of nitrogens with zero attached hydrogens (tertiary/aromatic N) is 5. The number of fused-ring (bicyclic) bond motifs is 2. The zero-order valence-corrected chi connectivity index (χ0v) is 15.1. The van der Waals surface area contributed by atoms with E-state index in [2.05, 4.69) is 24.5 Å². The average molecular weight is 376 g/mol. The van der Waals surface area contributed by atoms with Crippen molar-refractivity contribution in [1.29, 1.82) is 0 Å². The van der Waals surface area contributed by atoms with E-state index in [1.165, 1.54) is 6.42 Å². The largest absolute Gasteiger partial charge is 0.345 e. The lowest BCUT2D eigenvalue weighted by Crippen LogP contribution is -2.38. The summed E-state index contributed by atoms with van der Waals surface area (Å²) >= 11 is 0. The minimum Gasteiger partial charge on any atom is -0.345 e. The summed E-state index contributed by atoms with van der Waals surface area (Å²) in [6.45, 7) is 1.49. The summed E-state index contributed by atoms with van der Waals surface area (Å²) in [4.78, 5) is 14.1. The molecular formula is C16H20N6O3S. The Bertz CT molecular complexity index is 928. The molecule has 0 aromatic carbocycles. The van der Waals surface area contributed by atoms with Crippen LogP contribution in [0.1, 0.15) is 30.9 Å². The van der Waals surface area contributed by atoms with E-state index in [1.807, 2.05) is 0 Å². The van der Waals surface area contributed by atoms with E-state index in [9.17, 15) is 13.2 Å². The molecule has 3 aliphatic heterocycles. The van der Waals surface area contributed by atoms with Crippen LogP contribution in [0.2, 0.25) is 0 Å². The zero-order valence-electron chi connectivity index (χ0n) is 14.3. The van der Waals surface area contributed by atoms with E-state index >= 15 is 0 Å². The second kappa shape index (κ2) is 6.67. The molecule has 0 unspecified atom stereocenters. The fourth-order valence-corrected chi connectivity index (χ4v) is 4.24. The smallest absolute Gasteiger partial charge is 0.256 e. The minimum atomic E-state index is -3.40. The van der Waals surface area contributed by atoms with Gasteiger partial charge in [-0.15, -0.1) is 14.6 Å². The van der Waals surface area contributed by atoms with Crippen molar-refractivity contribution in [2.24, 2.45) is 4.40 Å². The molecule has 0 fully saturated rings. The lowest BCUT2D eigenvalue weighted by Gasteiger charge is -2.26. The van der Waals surface area contributed by atoms with Gasteiger partial charge in [0.2, 0.25) is 0 Å². The van der Waals surface area contributed by atoms with Gasteiger partial charge in [0.15, 0.2) is 5.82 Å². The fourth-order valence-electron chi connectivity index (χ4n) is 3.27. The predicted octanol–water partition coefficient (Wildman–Crippen LogP) is 0.118. The van der Waals surface area contributed by atoms with Crippen molar-refractivity contribution < 1.29 is 13.2 Å². The highest BCUT2D eigenvalue weighted by Gasteiger charge is 2.25. The molecule has 0 saturated carbocycles. The van der Waals surface area contributed by atoms with Crippen LogP contribution in [0.15, 0.2) is 28.3 Å². The highest BCUT2D eigenvalue weighted by atomic mass is 32.2. The van der Waals surface area contributed by atoms with Crippen molar-refractivity contribution >= 4 is 21.8 Å². The molecule has 1 N–H and O–H groups in total. The third-order valence-corrected chi connectivity index (χ3v) is 5.84. The first-order valence-corrected chi connectivity index (χ1v) is 10.3. The Morgan fingerprint density at radius 2 is 2.04 bits per heavy atom. The van der Waals surface area contributed by atoms with Crippen molar-refractivity contribution in [3.05, 3.63) is 35.6 Å². The monoisotopic (exact) mass is 376 g/mol. The van der Waals surface area contributed by atoms with E-state index in [4.69, 9.17) is 0 Å². The molecule has 9 nitrogen and oxygen atoms in total. The molecule has 26 heavy (non-hydrogen) atoms. The van der Waals surface area contributed by atoms with Crippen LogP contribution in [0.5, 0.6) is 0 Å². The molecule has 138 valence electrons. The topological polar surface area (TPSA) is 110 Å². The maximum absolute atomic E-state index is 12.5. The van der Waals surface area contributed by atoms with Crippen molar-refractivity contribution in [1.82, 2.24) is 25.0 Å². The number of amidine groups is 1. The summed E-state index contributed by atoms with van der Waals surface area (Å²) in [5.74, 6) is 1.80. The number of rotatable bonds is 3. The lowest BCUT2D eigenvalue weighted by atomic mass is 10.2. The molecule has 1 amide bonds. The quantitative estimate of drug-likeness (QED) is 0.802. The number of amides is 1. The molecule has 0 aliphatic carbocycles. The normalized spacial score (nSPS) is 21.2. The van der Waals surface area contributed by atoms with Crippen LogP contribution < -0.4 is 5.32 Å². The van der Waals surface area contributed by atoms with Gasteiger partial charge in [-0.1, -0.05) is 6.42 Å². The summed E-state index contributed by atoms with van der Waals surface area (Å²) < 4.78 is 28.9. The summed E-state index contributed by atoms with van der Waals surface area (Å²) in [5.41, 5.74) is 0.457. The molecule has 3 aliphatic rings. The average Bonchev–Trinajstić information content (AvgIpc) is 2.84. The number of nitrogens with one attached hydrogen (secondary N) is 1. The summed E-state index contributed by atoms with van der Waals surface area (Å²) in [6, 6.07) is 0. The van der Waals surface area contributed by atoms with Gasteiger partial charge in [0.05, 0.1) is 17.9 Å². The van der Waals surface area contributed by atoms with Gasteiger partial charge in [0.1, 0.15) is 11.7 Å². The molecule has 4 rings (SSSR count). The fraction of sp³-hybridized carbons (Fsp3) is 0.500. The summed E-state index contributed by atoms with van der Waals surface area (Å²) in [5, 5.41) is 11.3. The van der Waals surface area contributed by atoms with Crippen LogP contribution >= 0.6 is 0 Å². The molecule has 1 aromatic rings. The van der Waals surface area contributed by atoms with Gasteiger partial charge in [0, 0.05) is 25.7 Å². The van der Waals surface area contributed by atoms with Crippen LogP contribution in [0.4, 0.5) is 0 Å². The van der Waals surface area contributed by atoms with E-state index in [-0.39, 0.29) is 11.7 Å². The first-order valence-electron chi connectivity index (χ1n) is 8.70. The Morgan fingerprint density at radius 1 is 1.15 bits per heavy atom. The predicted molar refractivity (Wildman–Crippen MR) is 94.6 cm³/mol. The number of hydrogen-bond acceptors (Lipinski definition) is 6. The van der Waals surface area contributed by atoms with Crippen LogP contribution in [0.3, 0.4) is 0 Å². The van der Waals surface area contributed by atoms with Gasteiger partial charge in [-0.25, -0.2) is 8.42 Å². The molecule has 0 radical (unpaired) electrons. The zero-order chi connectivity index (χ0) is 18.1. The van der Waals surface area contributed by atoms with E-state index in [0.717, 1.165) is 37.5 Å². The van der Waals surface area contributed by atoms with Crippen LogP contribution in [0, 0.1) is 0 Å². The number of carbonyl (C=O) groups excluding carboxylic acids is 1. The van der Waals surface area contributed by atoms with Crippen LogP contribution in [-0.4, -0.2) is 52.1 Å². The number of carbonyl (C=O) groups is 1. The van der Waals surface area contributed by atoms with Crippen molar-refractivity contribution in [3.63, 3.8) is 0 Å². The third kappa shape index (κ3) is 3.41. The van der Waals surface area contributed by atoms with Crippen molar-refractivity contribution in [2.45, 2.75) is 38.8 Å². The van der Waals surface area contributed by atoms with Gasteiger partial charge in [-0.2, -0.15) is 0 Å². The Morgan fingerprint density at radius 3 is 2.92 bits per heavy atom. The van der Waals surface area contributed by atoms with Crippen molar-refractivity contribution in [2.75, 3.05) is 12.3 Å². The molecule has 10 heteroatoms. The number of aryl methyl sites for hydroxylation is 1. The molecular weight excluding hydrogens is 356 g/mol. The molecule has 0 spiro atoms. The second-order valence-corrected chi connectivity index (χ2v) is 8.28. The minimum absolute atomic E-state index is 0.0539. The van der Waals surface area contributed by atoms with Crippen LogP contribution in [-0.2, 0) is 34.3 Å². The molecule has 0 bridgehead atoms. The maximum atomic E-state index is 12.5. The number of sulfonamides is 1. The first-order chi connectivity index (χ1) is 12.5. The Hall–Kier alpha value is -2.49. The third-order valence-electron chi connectivity index (χ3n) is 4.68. The Labute approximate surface area is 151 Å².